The molecule has 0 aromatic carbocycles. The number of aliphatic hydroxyl groups excluding tert-OH is 1. The van der Waals surface area contributed by atoms with E-state index in [1.807, 2.05) is 0 Å². The highest BCUT2D eigenvalue weighted by Gasteiger charge is 2.26. The second-order valence-electron chi connectivity index (χ2n) is 3.63. The van der Waals surface area contributed by atoms with Crippen LogP contribution in [0.5, 0.6) is 0 Å². The highest BCUT2D eigenvalue weighted by molar-refractivity contribution is 5.01. The molecule has 0 bridgehead atoms. The van der Waals surface area contributed by atoms with Gasteiger partial charge in [-0.3, -0.25) is 0 Å². The lowest BCUT2D eigenvalue weighted by molar-refractivity contribution is -0.0660. The molecule has 1 aromatic rings. The first-order chi connectivity index (χ1) is 6.79. The molecular weight excluding hydrogens is 182 g/mol. The van der Waals surface area contributed by atoms with Crippen LogP contribution in [0.15, 0.2) is 6.20 Å². The first-order valence-corrected chi connectivity index (χ1v) is 4.93. The van der Waals surface area contributed by atoms with Crippen LogP contribution in [0, 0.1) is 0 Å². The molecule has 2 atom stereocenters. The lowest BCUT2D eigenvalue weighted by Crippen LogP contribution is -2.27. The summed E-state index contributed by atoms with van der Waals surface area (Å²) in [6.45, 7) is 0.743. The Kier molecular flexibility index (Phi) is 2.79. The van der Waals surface area contributed by atoms with Gasteiger partial charge in [0.05, 0.1) is 18.0 Å². The largest absolute Gasteiger partial charge is 0.384 e. The van der Waals surface area contributed by atoms with Gasteiger partial charge >= 0.3 is 0 Å². The molecule has 2 rings (SSSR count). The Morgan fingerprint density at radius 1 is 1.64 bits per heavy atom. The molecule has 1 aromatic heterocycles. The van der Waals surface area contributed by atoms with Crippen LogP contribution in [0.1, 0.15) is 31.1 Å². The maximum Gasteiger partial charge on any atom is 0.123 e. The van der Waals surface area contributed by atoms with Crippen LogP contribution in [0.25, 0.3) is 0 Å². The van der Waals surface area contributed by atoms with E-state index in [-0.39, 0.29) is 6.10 Å². The van der Waals surface area contributed by atoms with Gasteiger partial charge in [0.1, 0.15) is 6.10 Å². The third kappa shape index (κ3) is 1.78. The lowest BCUT2D eigenvalue weighted by atomic mass is 10.0. The van der Waals surface area contributed by atoms with E-state index in [2.05, 4.69) is 10.3 Å². The number of rotatable bonds is 2. The molecule has 1 N–H and O–H groups in total. The number of aliphatic hydroxyl groups is 1. The standard InChI is InChI=1S/C9H15N3O2/c1-12-7(6-10-11-12)9(13)8-4-2-3-5-14-8/h6,8-9,13H,2-5H2,1H3. The van der Waals surface area contributed by atoms with Gasteiger partial charge < -0.3 is 9.84 Å². The van der Waals surface area contributed by atoms with Crippen LogP contribution in [-0.2, 0) is 11.8 Å². The molecule has 5 heteroatoms. The minimum Gasteiger partial charge on any atom is -0.384 e. The molecule has 2 unspecified atom stereocenters. The monoisotopic (exact) mass is 197 g/mol. The van der Waals surface area contributed by atoms with Crippen LogP contribution in [0.4, 0.5) is 0 Å². The summed E-state index contributed by atoms with van der Waals surface area (Å²) in [7, 11) is 1.77. The summed E-state index contributed by atoms with van der Waals surface area (Å²) in [5.41, 5.74) is 0.719. The van der Waals surface area contributed by atoms with E-state index in [0.29, 0.717) is 0 Å². The molecule has 5 nitrogen and oxygen atoms in total. The van der Waals surface area contributed by atoms with E-state index < -0.39 is 6.10 Å². The third-order valence-electron chi connectivity index (χ3n) is 2.62. The summed E-state index contributed by atoms with van der Waals surface area (Å²) in [6, 6.07) is 0. The second kappa shape index (κ2) is 4.06. The number of nitrogens with zero attached hydrogens (tertiary/aromatic N) is 3. The van der Waals surface area contributed by atoms with E-state index in [9.17, 15) is 5.11 Å². The first-order valence-electron chi connectivity index (χ1n) is 4.93. The number of ether oxygens (including phenoxy) is 1. The quantitative estimate of drug-likeness (QED) is 0.746. The molecular formula is C9H15N3O2. The van der Waals surface area contributed by atoms with Gasteiger partial charge in [-0.2, -0.15) is 0 Å². The summed E-state index contributed by atoms with van der Waals surface area (Å²) < 4.78 is 7.09. The topological polar surface area (TPSA) is 60.2 Å². The SMILES string of the molecule is Cn1nncc1C(O)C1CCCCO1. The molecule has 14 heavy (non-hydrogen) atoms. The zero-order valence-electron chi connectivity index (χ0n) is 8.26. The minimum absolute atomic E-state index is 0.0963. The average Bonchev–Trinajstić information content (AvgIpc) is 2.65. The Bertz CT molecular complexity index is 294. The van der Waals surface area contributed by atoms with Crippen LogP contribution in [-0.4, -0.2) is 32.8 Å². The van der Waals surface area contributed by atoms with Gasteiger partial charge in [0.2, 0.25) is 0 Å². The van der Waals surface area contributed by atoms with Crippen molar-refractivity contribution in [2.24, 2.45) is 7.05 Å². The summed E-state index contributed by atoms with van der Waals surface area (Å²) in [5.74, 6) is 0. The third-order valence-corrected chi connectivity index (χ3v) is 2.62. The molecule has 0 amide bonds. The molecule has 0 spiro atoms. The van der Waals surface area contributed by atoms with Gasteiger partial charge in [0.15, 0.2) is 0 Å². The Morgan fingerprint density at radius 3 is 3.07 bits per heavy atom. The van der Waals surface area contributed by atoms with Gasteiger partial charge in [-0.15, -0.1) is 5.10 Å². The zero-order valence-corrected chi connectivity index (χ0v) is 8.26. The van der Waals surface area contributed by atoms with E-state index >= 15 is 0 Å². The molecule has 2 heterocycles. The number of hydrogen-bond donors (Lipinski definition) is 1. The molecule has 0 aliphatic carbocycles. The smallest absolute Gasteiger partial charge is 0.123 e. The van der Waals surface area contributed by atoms with Gasteiger partial charge in [0, 0.05) is 13.7 Å². The highest BCUT2D eigenvalue weighted by atomic mass is 16.5. The van der Waals surface area contributed by atoms with Gasteiger partial charge in [-0.05, 0) is 19.3 Å². The molecule has 1 saturated heterocycles. The molecule has 1 aliphatic heterocycles. The first kappa shape index (κ1) is 9.61. The highest BCUT2D eigenvalue weighted by Crippen LogP contribution is 2.25. The Balaban J connectivity index is 2.07. The maximum atomic E-state index is 9.99. The molecule has 78 valence electrons. The van der Waals surface area contributed by atoms with Crippen molar-refractivity contribution in [2.75, 3.05) is 6.61 Å². The van der Waals surface area contributed by atoms with Crippen molar-refractivity contribution >= 4 is 0 Å². The minimum atomic E-state index is -0.602. The predicted molar refractivity (Wildman–Crippen MR) is 49.6 cm³/mol. The lowest BCUT2D eigenvalue weighted by Gasteiger charge is -2.26. The van der Waals surface area contributed by atoms with Crippen LogP contribution < -0.4 is 0 Å². The van der Waals surface area contributed by atoms with Crippen molar-refractivity contribution in [3.8, 4) is 0 Å². The predicted octanol–water partition coefficient (Wildman–Crippen LogP) is 0.418. The van der Waals surface area contributed by atoms with Crippen LogP contribution in [0.3, 0.4) is 0 Å². The Morgan fingerprint density at radius 2 is 2.50 bits per heavy atom. The van der Waals surface area contributed by atoms with Crippen molar-refractivity contribution in [1.82, 2.24) is 15.0 Å². The van der Waals surface area contributed by atoms with Gasteiger partial charge in [0.25, 0.3) is 0 Å². The van der Waals surface area contributed by atoms with Crippen LogP contribution in [0.2, 0.25) is 0 Å². The van der Waals surface area contributed by atoms with Crippen molar-refractivity contribution < 1.29 is 9.84 Å². The van der Waals surface area contributed by atoms with Gasteiger partial charge in [-0.1, -0.05) is 5.21 Å². The fourth-order valence-electron chi connectivity index (χ4n) is 1.77. The molecule has 1 fully saturated rings. The summed E-state index contributed by atoms with van der Waals surface area (Å²) >= 11 is 0. The van der Waals surface area contributed by atoms with Gasteiger partial charge in [-0.25, -0.2) is 4.68 Å². The number of aromatic nitrogens is 3. The summed E-state index contributed by atoms with van der Waals surface area (Å²) in [4.78, 5) is 0. The molecule has 0 radical (unpaired) electrons. The van der Waals surface area contributed by atoms with E-state index in [0.717, 1.165) is 31.6 Å². The molecule has 0 saturated carbocycles. The Labute approximate surface area is 82.7 Å². The van der Waals surface area contributed by atoms with Crippen molar-refractivity contribution in [3.05, 3.63) is 11.9 Å². The Hall–Kier alpha value is -0.940. The fraction of sp³-hybridized carbons (Fsp3) is 0.778. The maximum absolute atomic E-state index is 9.99. The second-order valence-corrected chi connectivity index (χ2v) is 3.63. The van der Waals surface area contributed by atoms with Crippen molar-refractivity contribution in [3.63, 3.8) is 0 Å². The fourth-order valence-corrected chi connectivity index (χ4v) is 1.77. The van der Waals surface area contributed by atoms with E-state index in [1.165, 1.54) is 0 Å². The zero-order chi connectivity index (χ0) is 9.97. The summed E-state index contributed by atoms with van der Waals surface area (Å²) in [5, 5.41) is 17.5. The normalized spacial score (nSPS) is 24.9. The van der Waals surface area contributed by atoms with Crippen LogP contribution >= 0.6 is 0 Å². The average molecular weight is 197 g/mol. The molecule has 1 aliphatic rings. The number of aryl methyl sites for hydroxylation is 1. The van der Waals surface area contributed by atoms with E-state index in [4.69, 9.17) is 4.74 Å². The van der Waals surface area contributed by atoms with Crippen molar-refractivity contribution in [1.29, 1.82) is 0 Å². The van der Waals surface area contributed by atoms with E-state index in [1.54, 1.807) is 17.9 Å². The number of hydrogen-bond acceptors (Lipinski definition) is 4. The summed E-state index contributed by atoms with van der Waals surface area (Å²) in [6.07, 6.45) is 4.01. The van der Waals surface area contributed by atoms with Crippen molar-refractivity contribution in [2.45, 2.75) is 31.5 Å².